The van der Waals surface area contributed by atoms with Crippen LogP contribution in [0.3, 0.4) is 0 Å². The fourth-order valence-corrected chi connectivity index (χ4v) is 3.89. The lowest BCUT2D eigenvalue weighted by atomic mass is 9.98. The average Bonchev–Trinajstić information content (AvgIpc) is 2.66. The molecule has 1 N–H and O–H groups in total. The van der Waals surface area contributed by atoms with Crippen molar-refractivity contribution in [2.24, 2.45) is 0 Å². The van der Waals surface area contributed by atoms with Crippen molar-refractivity contribution in [1.29, 1.82) is 0 Å². The number of nitrogens with one attached hydrogen (secondary N) is 1. The van der Waals surface area contributed by atoms with Gasteiger partial charge in [-0.1, -0.05) is 12.1 Å². The van der Waals surface area contributed by atoms with Gasteiger partial charge in [-0.25, -0.2) is 0 Å². The zero-order chi connectivity index (χ0) is 17.2. The number of rotatable bonds is 3. The monoisotopic (exact) mass is 372 g/mol. The van der Waals surface area contributed by atoms with Crippen LogP contribution in [0.15, 0.2) is 42.7 Å². The molecule has 0 radical (unpaired) electrons. The molecule has 1 atom stereocenters. The summed E-state index contributed by atoms with van der Waals surface area (Å²) >= 11 is 0. The number of hydrogen-bond acceptors (Lipinski definition) is 4. The van der Waals surface area contributed by atoms with E-state index >= 15 is 0 Å². The van der Waals surface area contributed by atoms with Crippen LogP contribution in [0.25, 0.3) is 0 Å². The Morgan fingerprint density at radius 1 is 1.19 bits per heavy atom. The van der Waals surface area contributed by atoms with Gasteiger partial charge >= 0.3 is 0 Å². The van der Waals surface area contributed by atoms with E-state index in [4.69, 9.17) is 0 Å². The highest BCUT2D eigenvalue weighted by Crippen LogP contribution is 2.29. The zero-order valence-corrected chi connectivity index (χ0v) is 15.8. The Hall–Kier alpha value is -1.95. The van der Waals surface area contributed by atoms with Crippen molar-refractivity contribution in [2.75, 3.05) is 31.6 Å². The molecule has 5 nitrogen and oxygen atoms in total. The second kappa shape index (κ2) is 8.16. The summed E-state index contributed by atoms with van der Waals surface area (Å²) in [5.41, 5.74) is 4.98. The van der Waals surface area contributed by atoms with Gasteiger partial charge in [-0.15, -0.1) is 12.4 Å². The van der Waals surface area contributed by atoms with Crippen LogP contribution in [0, 0.1) is 0 Å². The van der Waals surface area contributed by atoms with Gasteiger partial charge < -0.3 is 10.2 Å². The van der Waals surface area contributed by atoms with Gasteiger partial charge in [-0.2, -0.15) is 0 Å². The molecule has 0 saturated carbocycles. The Kier molecular flexibility index (Phi) is 5.91. The topological polar surface area (TPSA) is 48.5 Å². The maximum Gasteiger partial charge on any atom is 0.227 e. The third-order valence-corrected chi connectivity index (χ3v) is 5.32. The number of fused-ring (bicyclic) bond motifs is 1. The molecule has 4 rings (SSSR count). The second-order valence-corrected chi connectivity index (χ2v) is 6.89. The fraction of sp³-hybridized carbons (Fsp3) is 0.400. The van der Waals surface area contributed by atoms with E-state index in [-0.39, 0.29) is 18.3 Å². The summed E-state index contributed by atoms with van der Waals surface area (Å²) in [5.74, 6) is 0.208. The molecule has 0 spiro atoms. The Bertz CT molecular complexity index is 768. The minimum Gasteiger partial charge on any atom is -0.315 e. The van der Waals surface area contributed by atoms with E-state index in [1.165, 1.54) is 16.7 Å². The predicted octanol–water partition coefficient (Wildman–Crippen LogP) is 2.56. The van der Waals surface area contributed by atoms with Gasteiger partial charge in [-0.3, -0.25) is 14.7 Å². The number of amides is 1. The number of aryl methyl sites for hydroxylation is 1. The van der Waals surface area contributed by atoms with E-state index < -0.39 is 0 Å². The highest BCUT2D eigenvalue weighted by atomic mass is 35.5. The highest BCUT2D eigenvalue weighted by Gasteiger charge is 2.25. The third kappa shape index (κ3) is 3.75. The standard InChI is InChI=1S/C20H24N4O.ClH/c1-23-18-4-2-15(12-17(18)3-5-20(23)25)14-24-11-10-22-13-19(24)16-6-8-21-9-7-16;/h2,4,6-9,12,19,22H,3,5,10-11,13-14H2,1H3;1H. The van der Waals surface area contributed by atoms with Crippen LogP contribution in [0.1, 0.15) is 29.2 Å². The number of carbonyl (C=O) groups is 1. The lowest BCUT2D eigenvalue weighted by molar-refractivity contribution is -0.118. The van der Waals surface area contributed by atoms with Crippen LogP contribution in [0.4, 0.5) is 5.69 Å². The smallest absolute Gasteiger partial charge is 0.227 e. The van der Waals surface area contributed by atoms with Crippen molar-refractivity contribution >= 4 is 24.0 Å². The van der Waals surface area contributed by atoms with E-state index in [0.29, 0.717) is 12.5 Å². The fourth-order valence-electron chi connectivity index (χ4n) is 3.89. The number of nitrogens with zero attached hydrogens (tertiary/aromatic N) is 3. The summed E-state index contributed by atoms with van der Waals surface area (Å²) in [6.07, 6.45) is 5.20. The molecule has 2 aliphatic heterocycles. The zero-order valence-electron chi connectivity index (χ0n) is 15.0. The van der Waals surface area contributed by atoms with Crippen LogP contribution < -0.4 is 10.2 Å². The molecule has 3 heterocycles. The van der Waals surface area contributed by atoms with Crippen molar-refractivity contribution in [3.63, 3.8) is 0 Å². The summed E-state index contributed by atoms with van der Waals surface area (Å²) < 4.78 is 0. The molecule has 1 saturated heterocycles. The molecule has 1 unspecified atom stereocenters. The molecule has 1 aromatic heterocycles. The molecule has 1 fully saturated rings. The van der Waals surface area contributed by atoms with Gasteiger partial charge in [0.15, 0.2) is 0 Å². The SMILES string of the molecule is CN1C(=O)CCc2cc(CN3CCNCC3c3ccncc3)ccc21.Cl. The lowest BCUT2D eigenvalue weighted by Gasteiger charge is -2.37. The minimum absolute atomic E-state index is 0. The summed E-state index contributed by atoms with van der Waals surface area (Å²) in [7, 11) is 1.87. The van der Waals surface area contributed by atoms with Gasteiger partial charge in [0, 0.05) is 63.8 Å². The summed E-state index contributed by atoms with van der Waals surface area (Å²) in [5, 5.41) is 3.50. The maximum absolute atomic E-state index is 11.9. The Balaban J connectivity index is 0.00000196. The van der Waals surface area contributed by atoms with E-state index in [9.17, 15) is 4.79 Å². The van der Waals surface area contributed by atoms with Crippen molar-refractivity contribution in [2.45, 2.75) is 25.4 Å². The first-order chi connectivity index (χ1) is 12.2. The van der Waals surface area contributed by atoms with Crippen LogP contribution in [-0.2, 0) is 17.8 Å². The minimum atomic E-state index is 0. The molecular weight excluding hydrogens is 348 g/mol. The van der Waals surface area contributed by atoms with E-state index in [1.807, 2.05) is 19.4 Å². The molecule has 2 aliphatic rings. The van der Waals surface area contributed by atoms with E-state index in [2.05, 4.69) is 45.5 Å². The molecule has 1 aromatic carbocycles. The largest absolute Gasteiger partial charge is 0.315 e. The quantitative estimate of drug-likeness (QED) is 0.899. The maximum atomic E-state index is 11.9. The summed E-state index contributed by atoms with van der Waals surface area (Å²) in [6.45, 7) is 3.94. The van der Waals surface area contributed by atoms with Crippen LogP contribution in [-0.4, -0.2) is 42.5 Å². The average molecular weight is 373 g/mol. The number of piperazine rings is 1. The Morgan fingerprint density at radius 3 is 2.81 bits per heavy atom. The molecule has 1 amide bonds. The summed E-state index contributed by atoms with van der Waals surface area (Å²) in [4.78, 5) is 20.3. The second-order valence-electron chi connectivity index (χ2n) is 6.89. The number of benzene rings is 1. The molecule has 6 heteroatoms. The number of anilines is 1. The lowest BCUT2D eigenvalue weighted by Crippen LogP contribution is -2.45. The number of hydrogen-bond donors (Lipinski definition) is 1. The van der Waals surface area contributed by atoms with Gasteiger partial charge in [0.2, 0.25) is 5.91 Å². The first-order valence-corrected chi connectivity index (χ1v) is 8.95. The van der Waals surface area contributed by atoms with E-state index in [0.717, 1.165) is 38.3 Å². The van der Waals surface area contributed by atoms with Crippen molar-refractivity contribution in [3.05, 3.63) is 59.4 Å². The molecule has 2 aromatic rings. The van der Waals surface area contributed by atoms with Crippen molar-refractivity contribution < 1.29 is 4.79 Å². The van der Waals surface area contributed by atoms with Gasteiger partial charge in [0.05, 0.1) is 0 Å². The Morgan fingerprint density at radius 2 is 2.00 bits per heavy atom. The molecular formula is C20H25ClN4O. The van der Waals surface area contributed by atoms with Crippen LogP contribution in [0.5, 0.6) is 0 Å². The van der Waals surface area contributed by atoms with Gasteiger partial charge in [-0.05, 0) is 41.3 Å². The third-order valence-electron chi connectivity index (χ3n) is 5.32. The predicted molar refractivity (Wildman–Crippen MR) is 106 cm³/mol. The van der Waals surface area contributed by atoms with Crippen molar-refractivity contribution in [1.82, 2.24) is 15.2 Å². The van der Waals surface area contributed by atoms with Crippen LogP contribution in [0.2, 0.25) is 0 Å². The normalized spacial score (nSPS) is 20.4. The van der Waals surface area contributed by atoms with Crippen LogP contribution >= 0.6 is 12.4 Å². The Labute approximate surface area is 160 Å². The van der Waals surface area contributed by atoms with Gasteiger partial charge in [0.25, 0.3) is 0 Å². The first kappa shape index (κ1) is 18.8. The number of pyridine rings is 1. The summed E-state index contributed by atoms with van der Waals surface area (Å²) in [6, 6.07) is 11.1. The molecule has 26 heavy (non-hydrogen) atoms. The molecule has 138 valence electrons. The first-order valence-electron chi connectivity index (χ1n) is 8.95. The highest BCUT2D eigenvalue weighted by molar-refractivity contribution is 5.95. The number of halogens is 1. The molecule has 0 aliphatic carbocycles. The van der Waals surface area contributed by atoms with Crippen molar-refractivity contribution in [3.8, 4) is 0 Å². The van der Waals surface area contributed by atoms with E-state index in [1.54, 1.807) is 4.90 Å². The number of aromatic nitrogens is 1. The molecule has 0 bridgehead atoms. The van der Waals surface area contributed by atoms with Gasteiger partial charge in [0.1, 0.15) is 0 Å². The number of carbonyl (C=O) groups excluding carboxylic acids is 1.